The smallest absolute Gasteiger partial charge is 0.259 e. The number of benzene rings is 1. The van der Waals surface area contributed by atoms with E-state index in [1.54, 1.807) is 18.5 Å². The van der Waals surface area contributed by atoms with Gasteiger partial charge in [0.25, 0.3) is 5.91 Å². The van der Waals surface area contributed by atoms with Crippen molar-refractivity contribution >= 4 is 39.3 Å². The van der Waals surface area contributed by atoms with Crippen LogP contribution in [0.2, 0.25) is 0 Å². The largest absolute Gasteiger partial charge is 0.356 e. The molecule has 9 heteroatoms. The van der Waals surface area contributed by atoms with Crippen molar-refractivity contribution in [2.75, 3.05) is 11.9 Å². The SMILES string of the molecule is CC(=O)NCCCc1ccc(-c2csc(NC(=O)c3cnc4c(cnn4C(C)C)c3)n2)cc1. The Morgan fingerprint density at radius 2 is 1.94 bits per heavy atom. The lowest BCUT2D eigenvalue weighted by atomic mass is 10.1. The molecule has 3 heterocycles. The molecule has 3 aromatic heterocycles. The summed E-state index contributed by atoms with van der Waals surface area (Å²) in [5.41, 5.74) is 4.23. The molecular formula is C24H26N6O2S. The fourth-order valence-electron chi connectivity index (χ4n) is 3.47. The average Bonchev–Trinajstić information content (AvgIpc) is 3.43. The maximum absolute atomic E-state index is 12.7. The number of pyridine rings is 1. The molecular weight excluding hydrogens is 436 g/mol. The Balaban J connectivity index is 1.38. The molecule has 0 spiro atoms. The molecule has 0 fully saturated rings. The molecule has 0 bridgehead atoms. The van der Waals surface area contributed by atoms with Crippen molar-refractivity contribution in [3.05, 3.63) is 59.2 Å². The summed E-state index contributed by atoms with van der Waals surface area (Å²) in [4.78, 5) is 32.6. The first-order valence-electron chi connectivity index (χ1n) is 10.8. The van der Waals surface area contributed by atoms with Crippen LogP contribution in [0.15, 0.2) is 48.1 Å². The van der Waals surface area contributed by atoms with Crippen molar-refractivity contribution < 1.29 is 9.59 Å². The molecule has 170 valence electrons. The Hall–Kier alpha value is -3.59. The van der Waals surface area contributed by atoms with Crippen molar-refractivity contribution in [2.45, 2.75) is 39.7 Å². The molecule has 8 nitrogen and oxygen atoms in total. The van der Waals surface area contributed by atoms with Crippen molar-refractivity contribution in [1.82, 2.24) is 25.1 Å². The molecule has 0 aliphatic carbocycles. The summed E-state index contributed by atoms with van der Waals surface area (Å²) in [7, 11) is 0. The lowest BCUT2D eigenvalue weighted by Crippen LogP contribution is -2.21. The molecule has 0 radical (unpaired) electrons. The van der Waals surface area contributed by atoms with Gasteiger partial charge >= 0.3 is 0 Å². The van der Waals surface area contributed by atoms with Gasteiger partial charge in [-0.1, -0.05) is 24.3 Å². The Bertz CT molecular complexity index is 1280. The third kappa shape index (κ3) is 5.43. The number of aryl methyl sites for hydroxylation is 1. The second-order valence-corrected chi connectivity index (χ2v) is 8.95. The number of hydrogen-bond donors (Lipinski definition) is 2. The fraction of sp³-hybridized carbons (Fsp3) is 0.292. The predicted molar refractivity (Wildman–Crippen MR) is 130 cm³/mol. The van der Waals surface area contributed by atoms with Gasteiger partial charge in [-0.15, -0.1) is 11.3 Å². The summed E-state index contributed by atoms with van der Waals surface area (Å²) in [6.45, 7) is 6.28. The van der Waals surface area contributed by atoms with Gasteiger partial charge in [-0.05, 0) is 38.3 Å². The number of fused-ring (bicyclic) bond motifs is 1. The third-order valence-corrected chi connectivity index (χ3v) is 5.93. The van der Waals surface area contributed by atoms with E-state index < -0.39 is 0 Å². The normalized spacial score (nSPS) is 11.2. The van der Waals surface area contributed by atoms with Gasteiger partial charge in [0.2, 0.25) is 5.91 Å². The first-order chi connectivity index (χ1) is 15.9. The van der Waals surface area contributed by atoms with E-state index in [1.807, 2.05) is 36.0 Å². The molecule has 1 aromatic carbocycles. The van der Waals surface area contributed by atoms with Crippen molar-refractivity contribution in [2.24, 2.45) is 0 Å². The van der Waals surface area contributed by atoms with Gasteiger partial charge in [-0.3, -0.25) is 14.9 Å². The van der Waals surface area contributed by atoms with Crippen molar-refractivity contribution in [3.8, 4) is 11.3 Å². The van der Waals surface area contributed by atoms with Gasteiger partial charge < -0.3 is 5.32 Å². The van der Waals surface area contributed by atoms with Crippen molar-refractivity contribution in [3.63, 3.8) is 0 Å². The van der Waals surface area contributed by atoms with Crippen LogP contribution in [0.25, 0.3) is 22.3 Å². The van der Waals surface area contributed by atoms with Crippen LogP contribution in [0.4, 0.5) is 5.13 Å². The highest BCUT2D eigenvalue weighted by molar-refractivity contribution is 7.14. The van der Waals surface area contributed by atoms with Gasteiger partial charge in [0.05, 0.1) is 17.5 Å². The highest BCUT2D eigenvalue weighted by atomic mass is 32.1. The maximum atomic E-state index is 12.7. The lowest BCUT2D eigenvalue weighted by Gasteiger charge is -2.06. The van der Waals surface area contributed by atoms with Crippen LogP contribution in [0.5, 0.6) is 0 Å². The first kappa shape index (κ1) is 22.6. The number of rotatable bonds is 8. The molecule has 0 unspecified atom stereocenters. The van der Waals surface area contributed by atoms with E-state index in [0.717, 1.165) is 35.1 Å². The van der Waals surface area contributed by atoms with Crippen LogP contribution in [0.1, 0.15) is 49.2 Å². The molecule has 4 rings (SSSR count). The van der Waals surface area contributed by atoms with Gasteiger partial charge in [-0.25, -0.2) is 14.6 Å². The van der Waals surface area contributed by atoms with Crippen LogP contribution >= 0.6 is 11.3 Å². The maximum Gasteiger partial charge on any atom is 0.259 e. The monoisotopic (exact) mass is 462 g/mol. The minimum absolute atomic E-state index is 0.00386. The zero-order valence-corrected chi connectivity index (χ0v) is 19.6. The number of carbonyl (C=O) groups excluding carboxylic acids is 2. The van der Waals surface area contributed by atoms with E-state index in [1.165, 1.54) is 23.8 Å². The number of anilines is 1. The van der Waals surface area contributed by atoms with Crippen LogP contribution in [0, 0.1) is 0 Å². The van der Waals surface area contributed by atoms with Gasteiger partial charge in [0.15, 0.2) is 10.8 Å². The summed E-state index contributed by atoms with van der Waals surface area (Å²) in [5, 5.41) is 13.3. The van der Waals surface area contributed by atoms with E-state index in [4.69, 9.17) is 0 Å². The molecule has 2 amide bonds. The standard InChI is InChI=1S/C24H26N6O2S/c1-15(2)30-22-19(13-27-30)11-20(12-26-22)23(32)29-24-28-21(14-33-24)18-8-6-17(7-9-18)5-4-10-25-16(3)31/h6-9,11-15H,4-5,10H2,1-3H3,(H,25,31)(H,28,29,32). The second-order valence-electron chi connectivity index (χ2n) is 8.10. The van der Waals surface area contributed by atoms with Crippen LogP contribution < -0.4 is 10.6 Å². The third-order valence-electron chi connectivity index (χ3n) is 5.18. The van der Waals surface area contributed by atoms with E-state index >= 15 is 0 Å². The predicted octanol–water partition coefficient (Wildman–Crippen LogP) is 4.46. The quantitative estimate of drug-likeness (QED) is 0.377. The van der Waals surface area contributed by atoms with Crippen molar-refractivity contribution in [1.29, 1.82) is 0 Å². The summed E-state index contributed by atoms with van der Waals surface area (Å²) in [6.07, 6.45) is 5.08. The molecule has 33 heavy (non-hydrogen) atoms. The summed E-state index contributed by atoms with van der Waals surface area (Å²) in [5.74, 6) is -0.257. The van der Waals surface area contributed by atoms with E-state index in [2.05, 4.69) is 37.8 Å². The van der Waals surface area contributed by atoms with Gasteiger partial charge in [-0.2, -0.15) is 5.10 Å². The van der Waals surface area contributed by atoms with E-state index in [9.17, 15) is 9.59 Å². The van der Waals surface area contributed by atoms with Crippen LogP contribution in [-0.2, 0) is 11.2 Å². The number of nitrogens with zero attached hydrogens (tertiary/aromatic N) is 4. The molecule has 0 aliphatic rings. The Morgan fingerprint density at radius 1 is 1.15 bits per heavy atom. The number of thiazole rings is 1. The molecule has 0 aliphatic heterocycles. The minimum Gasteiger partial charge on any atom is -0.356 e. The molecule has 0 saturated heterocycles. The summed E-state index contributed by atoms with van der Waals surface area (Å²) >= 11 is 1.38. The highest BCUT2D eigenvalue weighted by Gasteiger charge is 2.14. The average molecular weight is 463 g/mol. The molecule has 0 saturated carbocycles. The van der Waals surface area contributed by atoms with Crippen LogP contribution in [0.3, 0.4) is 0 Å². The number of nitrogens with one attached hydrogen (secondary N) is 2. The fourth-order valence-corrected chi connectivity index (χ4v) is 4.19. The number of carbonyl (C=O) groups is 2. The molecule has 2 N–H and O–H groups in total. The summed E-state index contributed by atoms with van der Waals surface area (Å²) < 4.78 is 1.83. The number of aromatic nitrogens is 4. The molecule has 4 aromatic rings. The van der Waals surface area contributed by atoms with E-state index in [-0.39, 0.29) is 17.9 Å². The Kier molecular flexibility index (Phi) is 6.79. The number of hydrogen-bond acceptors (Lipinski definition) is 6. The second kappa shape index (κ2) is 9.91. The first-order valence-corrected chi connectivity index (χ1v) is 11.7. The Morgan fingerprint density at radius 3 is 2.67 bits per heavy atom. The van der Waals surface area contributed by atoms with Crippen LogP contribution in [-0.4, -0.2) is 38.1 Å². The van der Waals surface area contributed by atoms with E-state index in [0.29, 0.717) is 17.2 Å². The van der Waals surface area contributed by atoms with Gasteiger partial charge in [0.1, 0.15) is 0 Å². The highest BCUT2D eigenvalue weighted by Crippen LogP contribution is 2.26. The molecule has 0 atom stereocenters. The number of amides is 2. The zero-order valence-electron chi connectivity index (χ0n) is 18.8. The summed E-state index contributed by atoms with van der Waals surface area (Å²) in [6, 6.07) is 10.2. The van der Waals surface area contributed by atoms with Gasteiger partial charge in [0, 0.05) is 42.0 Å². The lowest BCUT2D eigenvalue weighted by molar-refractivity contribution is -0.118. The topological polar surface area (TPSA) is 102 Å². The zero-order chi connectivity index (χ0) is 23.4. The minimum atomic E-state index is -0.253. The Labute approximate surface area is 196 Å².